The largest absolute Gasteiger partial charge is 0.494 e. The summed E-state index contributed by atoms with van der Waals surface area (Å²) in [4.78, 5) is 37.2. The summed E-state index contributed by atoms with van der Waals surface area (Å²) >= 11 is 6.19. The van der Waals surface area contributed by atoms with E-state index >= 15 is 0 Å². The summed E-state index contributed by atoms with van der Waals surface area (Å²) < 4.78 is 23.2. The molecule has 232 valence electrons. The number of amides is 1. The third-order valence-electron chi connectivity index (χ3n) is 7.91. The third-order valence-corrected chi connectivity index (χ3v) is 8.22. The smallest absolute Gasteiger partial charge is 0.338 e. The number of nitrogens with zero attached hydrogens (tertiary/aromatic N) is 3. The van der Waals surface area contributed by atoms with Gasteiger partial charge in [0.2, 0.25) is 0 Å². The number of carbonyl (C=O) groups is 3. The highest BCUT2D eigenvalue weighted by Gasteiger charge is 2.64. The topological polar surface area (TPSA) is 142 Å². The van der Waals surface area contributed by atoms with Crippen LogP contribution in [0.15, 0.2) is 48.7 Å². The number of nitriles is 1. The van der Waals surface area contributed by atoms with Gasteiger partial charge in [-0.05, 0) is 36.4 Å². The number of aromatic nitrogens is 2. The van der Waals surface area contributed by atoms with Crippen LogP contribution in [-0.2, 0) is 16.0 Å². The number of nitrogens with one attached hydrogen (secondary N) is 1. The van der Waals surface area contributed by atoms with Crippen molar-refractivity contribution in [1.82, 2.24) is 15.1 Å². The van der Waals surface area contributed by atoms with Crippen molar-refractivity contribution >= 4 is 29.4 Å². The second-order valence-electron chi connectivity index (χ2n) is 11.7. The van der Waals surface area contributed by atoms with Crippen molar-refractivity contribution in [1.29, 1.82) is 5.26 Å². The van der Waals surface area contributed by atoms with Gasteiger partial charge in [0, 0.05) is 42.1 Å². The molecule has 1 aliphatic rings. The summed E-state index contributed by atoms with van der Waals surface area (Å²) in [5.41, 5.74) is 0.00630. The molecule has 1 N–H and O–H groups in total. The summed E-state index contributed by atoms with van der Waals surface area (Å²) in [5.74, 6) is -0.650. The number of ether oxygens (including phenoxy) is 4. The van der Waals surface area contributed by atoms with Gasteiger partial charge >= 0.3 is 11.9 Å². The van der Waals surface area contributed by atoms with Crippen LogP contribution in [0, 0.1) is 22.2 Å². The number of hydrogen-bond donors (Lipinski definition) is 1. The molecule has 0 atom stereocenters. The van der Waals surface area contributed by atoms with Crippen LogP contribution >= 0.6 is 11.6 Å². The Bertz CT molecular complexity index is 1590. The van der Waals surface area contributed by atoms with Gasteiger partial charge in [0.05, 0.1) is 42.5 Å². The molecule has 0 bridgehead atoms. The fraction of sp³-hybridized carbons (Fsp3) is 0.406. The van der Waals surface area contributed by atoms with Crippen molar-refractivity contribution in [2.45, 2.75) is 52.8 Å². The first-order valence-electron chi connectivity index (χ1n) is 14.0. The normalized spacial score (nSPS) is 17.9. The molecule has 2 aromatic carbocycles. The maximum Gasteiger partial charge on any atom is 0.338 e. The summed E-state index contributed by atoms with van der Waals surface area (Å²) in [6.07, 6.45) is 2.07. The number of esters is 2. The van der Waals surface area contributed by atoms with E-state index in [2.05, 4.69) is 10.4 Å². The quantitative estimate of drug-likeness (QED) is 0.229. The molecule has 11 nitrogen and oxygen atoms in total. The van der Waals surface area contributed by atoms with Crippen molar-refractivity contribution in [3.8, 4) is 17.6 Å². The lowest BCUT2D eigenvalue weighted by molar-refractivity contribution is -0.164. The second-order valence-corrected chi connectivity index (χ2v) is 12.1. The summed E-state index contributed by atoms with van der Waals surface area (Å²) in [5, 5.41) is 17.0. The average Bonchev–Trinajstić information content (AvgIpc) is 3.48. The van der Waals surface area contributed by atoms with Crippen molar-refractivity contribution in [2.24, 2.45) is 10.8 Å². The van der Waals surface area contributed by atoms with Crippen LogP contribution in [0.3, 0.4) is 0 Å². The Morgan fingerprint density at radius 2 is 1.64 bits per heavy atom. The number of benzene rings is 2. The second kappa shape index (κ2) is 13.0. The number of carbonyl (C=O) groups excluding carboxylic acids is 3. The monoisotopic (exact) mass is 622 g/mol. The molecule has 3 aromatic rings. The van der Waals surface area contributed by atoms with E-state index in [1.54, 1.807) is 41.2 Å². The minimum atomic E-state index is -0.675. The van der Waals surface area contributed by atoms with Gasteiger partial charge in [-0.15, -0.1) is 0 Å². The highest BCUT2D eigenvalue weighted by molar-refractivity contribution is 6.31. The first kappa shape index (κ1) is 32.4. The Morgan fingerprint density at radius 1 is 0.977 bits per heavy atom. The van der Waals surface area contributed by atoms with Gasteiger partial charge in [-0.2, -0.15) is 10.4 Å². The summed E-state index contributed by atoms with van der Waals surface area (Å²) in [6, 6.07) is 13.0. The molecule has 1 heterocycles. The zero-order valence-corrected chi connectivity index (χ0v) is 26.2. The van der Waals surface area contributed by atoms with Crippen LogP contribution in [0.5, 0.6) is 11.5 Å². The first-order valence-corrected chi connectivity index (χ1v) is 14.3. The Hall–Kier alpha value is -4.56. The van der Waals surface area contributed by atoms with Crippen LogP contribution in [-0.4, -0.2) is 60.6 Å². The van der Waals surface area contributed by atoms with Gasteiger partial charge in [0.15, 0.2) is 0 Å². The molecule has 0 aliphatic heterocycles. The fourth-order valence-corrected chi connectivity index (χ4v) is 6.22. The number of aryl methyl sites for hydroxylation is 1. The molecule has 1 aliphatic carbocycles. The van der Waals surface area contributed by atoms with E-state index in [1.165, 1.54) is 26.4 Å². The van der Waals surface area contributed by atoms with Gasteiger partial charge in [0.25, 0.3) is 5.91 Å². The van der Waals surface area contributed by atoms with E-state index in [0.29, 0.717) is 47.4 Å². The first-order chi connectivity index (χ1) is 20.8. The van der Waals surface area contributed by atoms with Gasteiger partial charge in [0.1, 0.15) is 29.4 Å². The number of halogens is 1. The zero-order valence-electron chi connectivity index (χ0n) is 25.5. The molecule has 12 heteroatoms. The molecule has 1 amide bonds. The standard InChI is InChI=1S/C32H35ClN4O7/c1-31(2)29(32(3,4)30(31)44-21-9-8-19(18-34)24(33)17-21)35-26(38)25-12-14-37(36-25)13-7-15-43-20-10-11-22(27(39)41-5)23(16-20)28(40)42-6/h8-12,14,16-17,29-30H,7,13,15H2,1-6H3,(H,35,38)/t29-,30-. The predicted molar refractivity (Wildman–Crippen MR) is 161 cm³/mol. The zero-order chi connectivity index (χ0) is 32.2. The third kappa shape index (κ3) is 6.50. The van der Waals surface area contributed by atoms with E-state index in [0.717, 1.165) is 0 Å². The van der Waals surface area contributed by atoms with Gasteiger partial charge in [-0.25, -0.2) is 9.59 Å². The van der Waals surface area contributed by atoms with Gasteiger partial charge < -0.3 is 24.3 Å². The molecule has 0 radical (unpaired) electrons. The molecule has 0 saturated heterocycles. The molecule has 1 saturated carbocycles. The van der Waals surface area contributed by atoms with E-state index in [-0.39, 0.29) is 29.2 Å². The highest BCUT2D eigenvalue weighted by atomic mass is 35.5. The van der Waals surface area contributed by atoms with E-state index < -0.39 is 22.8 Å². The number of methoxy groups -OCH3 is 2. The minimum Gasteiger partial charge on any atom is -0.494 e. The molecular weight excluding hydrogens is 588 g/mol. The van der Waals surface area contributed by atoms with Gasteiger partial charge in [-0.3, -0.25) is 9.48 Å². The van der Waals surface area contributed by atoms with Crippen molar-refractivity contribution < 1.29 is 33.3 Å². The molecule has 44 heavy (non-hydrogen) atoms. The fourth-order valence-electron chi connectivity index (χ4n) is 6.00. The van der Waals surface area contributed by atoms with E-state index in [4.69, 9.17) is 35.8 Å². The van der Waals surface area contributed by atoms with Crippen molar-refractivity contribution in [2.75, 3.05) is 20.8 Å². The maximum atomic E-state index is 13.2. The highest BCUT2D eigenvalue weighted by Crippen LogP contribution is 2.55. The van der Waals surface area contributed by atoms with Crippen molar-refractivity contribution in [3.63, 3.8) is 0 Å². The van der Waals surface area contributed by atoms with Gasteiger partial charge in [-0.1, -0.05) is 39.3 Å². The average molecular weight is 623 g/mol. The number of rotatable bonds is 11. The van der Waals surface area contributed by atoms with Crippen LogP contribution in [0.25, 0.3) is 0 Å². The minimum absolute atomic E-state index is 0.0499. The molecule has 0 unspecified atom stereocenters. The number of hydrogen-bond acceptors (Lipinski definition) is 9. The Labute approximate surface area is 261 Å². The van der Waals surface area contributed by atoms with Crippen LogP contribution in [0.2, 0.25) is 5.02 Å². The summed E-state index contributed by atoms with van der Waals surface area (Å²) in [7, 11) is 2.46. The Balaban J connectivity index is 1.31. The SMILES string of the molecule is COC(=O)c1ccc(OCCCn2ccc(C(=O)N[C@H]3C(C)(C)[C@H](Oc4ccc(C#N)c(Cl)c4)C3(C)C)n2)cc1C(=O)OC. The van der Waals surface area contributed by atoms with Crippen molar-refractivity contribution in [3.05, 3.63) is 76.1 Å². The lowest BCUT2D eigenvalue weighted by atomic mass is 9.49. The predicted octanol–water partition coefficient (Wildman–Crippen LogP) is 5.06. The molecule has 1 aromatic heterocycles. The maximum absolute atomic E-state index is 13.2. The Kier molecular flexibility index (Phi) is 9.54. The molecule has 0 spiro atoms. The molecule has 4 rings (SSSR count). The summed E-state index contributed by atoms with van der Waals surface area (Å²) in [6.45, 7) is 8.93. The molecule has 1 fully saturated rings. The lowest BCUT2D eigenvalue weighted by Crippen LogP contribution is -2.74. The van der Waals surface area contributed by atoms with Crippen LogP contribution in [0.4, 0.5) is 0 Å². The van der Waals surface area contributed by atoms with Crippen LogP contribution < -0.4 is 14.8 Å². The molecular formula is C32H35ClN4O7. The van der Waals surface area contributed by atoms with E-state index in [9.17, 15) is 14.4 Å². The van der Waals surface area contributed by atoms with E-state index in [1.807, 2.05) is 33.8 Å². The Morgan fingerprint density at radius 3 is 2.27 bits per heavy atom. The van der Waals surface area contributed by atoms with Crippen LogP contribution in [0.1, 0.15) is 70.9 Å². The lowest BCUT2D eigenvalue weighted by Gasteiger charge is -2.63.